The molecule has 1 saturated heterocycles. The van der Waals surface area contributed by atoms with Crippen LogP contribution in [0.4, 0.5) is 4.79 Å². The summed E-state index contributed by atoms with van der Waals surface area (Å²) in [5.74, 6) is 2.15. The molecule has 1 atom stereocenters. The van der Waals surface area contributed by atoms with E-state index in [-0.39, 0.29) is 12.1 Å². The summed E-state index contributed by atoms with van der Waals surface area (Å²) in [6.45, 7) is 5.79. The van der Waals surface area contributed by atoms with Crippen LogP contribution in [0.15, 0.2) is 18.2 Å². The zero-order valence-corrected chi connectivity index (χ0v) is 15.3. The van der Waals surface area contributed by atoms with Gasteiger partial charge in [-0.2, -0.15) is 0 Å². The fourth-order valence-electron chi connectivity index (χ4n) is 3.09. The largest absolute Gasteiger partial charge is 0.493 e. The third-order valence-corrected chi connectivity index (χ3v) is 4.86. The Morgan fingerprint density at radius 2 is 1.92 bits per heavy atom. The predicted molar refractivity (Wildman–Crippen MR) is 95.8 cm³/mol. The first-order valence-electron chi connectivity index (χ1n) is 8.83. The van der Waals surface area contributed by atoms with Crippen LogP contribution >= 0.6 is 0 Å². The highest BCUT2D eigenvalue weighted by atomic mass is 16.5. The highest BCUT2D eigenvalue weighted by molar-refractivity contribution is 5.74. The Labute approximate surface area is 145 Å². The van der Waals surface area contributed by atoms with E-state index in [1.165, 1.54) is 5.56 Å². The number of methoxy groups -OCH3 is 2. The highest BCUT2D eigenvalue weighted by Gasteiger charge is 2.23. The molecular formula is C19H30N2O3. The molecule has 0 saturated carbocycles. The van der Waals surface area contributed by atoms with Gasteiger partial charge in [-0.05, 0) is 56.2 Å². The van der Waals surface area contributed by atoms with E-state index >= 15 is 0 Å². The van der Waals surface area contributed by atoms with Gasteiger partial charge in [-0.3, -0.25) is 0 Å². The van der Waals surface area contributed by atoms with Crippen LogP contribution in [0.5, 0.6) is 11.5 Å². The van der Waals surface area contributed by atoms with Gasteiger partial charge in [-0.15, -0.1) is 0 Å². The van der Waals surface area contributed by atoms with E-state index in [0.29, 0.717) is 5.92 Å². The van der Waals surface area contributed by atoms with Gasteiger partial charge in [-0.1, -0.05) is 13.0 Å². The lowest BCUT2D eigenvalue weighted by molar-refractivity contribution is 0.167. The molecule has 1 aromatic carbocycles. The molecule has 134 valence electrons. The fraction of sp³-hybridized carbons (Fsp3) is 0.632. The molecule has 0 spiro atoms. The molecule has 1 aromatic rings. The second kappa shape index (κ2) is 8.81. The van der Waals surface area contributed by atoms with Crippen LogP contribution in [-0.2, 0) is 6.42 Å². The Balaban J connectivity index is 1.86. The van der Waals surface area contributed by atoms with Crippen LogP contribution in [0.1, 0.15) is 38.7 Å². The molecule has 5 heteroatoms. The molecule has 24 heavy (non-hydrogen) atoms. The van der Waals surface area contributed by atoms with Crippen LogP contribution in [0, 0.1) is 5.92 Å². The first-order valence-corrected chi connectivity index (χ1v) is 8.83. The number of piperidine rings is 1. The molecule has 1 aliphatic rings. The van der Waals surface area contributed by atoms with Crippen LogP contribution in [-0.4, -0.2) is 44.3 Å². The van der Waals surface area contributed by atoms with E-state index in [9.17, 15) is 4.79 Å². The summed E-state index contributed by atoms with van der Waals surface area (Å²) in [6, 6.07) is 6.43. The molecule has 1 N–H and O–H groups in total. The predicted octanol–water partition coefficient (Wildman–Crippen LogP) is 3.47. The lowest BCUT2D eigenvalue weighted by atomic mass is 9.90. The first-order chi connectivity index (χ1) is 11.6. The van der Waals surface area contributed by atoms with Crippen molar-refractivity contribution in [3.8, 4) is 11.5 Å². The summed E-state index contributed by atoms with van der Waals surface area (Å²) in [7, 11) is 3.31. The molecule has 2 rings (SSSR count). The maximum Gasteiger partial charge on any atom is 0.317 e. The highest BCUT2D eigenvalue weighted by Crippen LogP contribution is 2.30. The number of ether oxygens (including phenoxy) is 2. The summed E-state index contributed by atoms with van der Waals surface area (Å²) in [4.78, 5) is 14.1. The number of benzene rings is 1. The number of nitrogens with zero attached hydrogens (tertiary/aromatic N) is 1. The average Bonchev–Trinajstić information content (AvgIpc) is 2.61. The van der Waals surface area contributed by atoms with Crippen molar-refractivity contribution in [2.24, 2.45) is 5.92 Å². The molecule has 1 unspecified atom stereocenters. The van der Waals surface area contributed by atoms with E-state index in [2.05, 4.69) is 24.4 Å². The Morgan fingerprint density at radius 3 is 2.50 bits per heavy atom. The number of amides is 2. The smallest absolute Gasteiger partial charge is 0.317 e. The molecule has 2 amide bonds. The maximum absolute atomic E-state index is 12.2. The van der Waals surface area contributed by atoms with Crippen LogP contribution in [0.2, 0.25) is 0 Å². The number of hydrogen-bond acceptors (Lipinski definition) is 3. The van der Waals surface area contributed by atoms with Crippen LogP contribution in [0.3, 0.4) is 0 Å². The van der Waals surface area contributed by atoms with E-state index in [0.717, 1.165) is 50.3 Å². The minimum atomic E-state index is 0.0777. The second-order valence-electron chi connectivity index (χ2n) is 6.58. The summed E-state index contributed by atoms with van der Waals surface area (Å²) < 4.78 is 10.7. The monoisotopic (exact) mass is 334 g/mol. The van der Waals surface area contributed by atoms with Crippen LogP contribution in [0.25, 0.3) is 0 Å². The average molecular weight is 334 g/mol. The van der Waals surface area contributed by atoms with Gasteiger partial charge in [0.25, 0.3) is 0 Å². The minimum absolute atomic E-state index is 0.0777. The van der Waals surface area contributed by atoms with E-state index in [4.69, 9.17) is 9.47 Å². The minimum Gasteiger partial charge on any atom is -0.493 e. The van der Waals surface area contributed by atoms with E-state index in [1.807, 2.05) is 17.9 Å². The molecule has 5 nitrogen and oxygen atoms in total. The van der Waals surface area contributed by atoms with Gasteiger partial charge in [0.1, 0.15) is 0 Å². The quantitative estimate of drug-likeness (QED) is 0.867. The number of urea groups is 1. The number of carbonyl (C=O) groups excluding carboxylic acids is 1. The van der Waals surface area contributed by atoms with Crippen molar-refractivity contribution in [2.75, 3.05) is 27.3 Å². The van der Waals surface area contributed by atoms with Crippen molar-refractivity contribution >= 4 is 6.03 Å². The van der Waals surface area contributed by atoms with Crippen LogP contribution < -0.4 is 14.8 Å². The van der Waals surface area contributed by atoms with Gasteiger partial charge in [0.15, 0.2) is 11.5 Å². The molecule has 1 fully saturated rings. The molecule has 0 radical (unpaired) electrons. The Kier molecular flexibility index (Phi) is 6.76. The number of nitrogens with one attached hydrogen (secondary N) is 1. The summed E-state index contributed by atoms with van der Waals surface area (Å²) >= 11 is 0. The lowest BCUT2D eigenvalue weighted by Gasteiger charge is -2.33. The van der Waals surface area contributed by atoms with Crippen molar-refractivity contribution in [1.29, 1.82) is 0 Å². The zero-order chi connectivity index (χ0) is 17.5. The van der Waals surface area contributed by atoms with Gasteiger partial charge >= 0.3 is 6.03 Å². The maximum atomic E-state index is 12.2. The second-order valence-corrected chi connectivity index (χ2v) is 6.58. The molecule has 1 heterocycles. The molecule has 0 aromatic heterocycles. The number of rotatable bonds is 6. The Hall–Kier alpha value is -1.91. The van der Waals surface area contributed by atoms with Gasteiger partial charge in [-0.25, -0.2) is 4.79 Å². The third kappa shape index (κ3) is 4.79. The number of likely N-dealkylation sites (tertiary alicyclic amines) is 1. The van der Waals surface area contributed by atoms with Gasteiger partial charge in [0, 0.05) is 19.1 Å². The van der Waals surface area contributed by atoms with Crippen molar-refractivity contribution in [3.63, 3.8) is 0 Å². The third-order valence-electron chi connectivity index (χ3n) is 4.86. The van der Waals surface area contributed by atoms with Gasteiger partial charge < -0.3 is 19.7 Å². The van der Waals surface area contributed by atoms with E-state index < -0.39 is 0 Å². The summed E-state index contributed by atoms with van der Waals surface area (Å²) in [5.41, 5.74) is 1.26. The molecular weight excluding hydrogens is 304 g/mol. The van der Waals surface area contributed by atoms with Crippen molar-refractivity contribution in [3.05, 3.63) is 23.8 Å². The van der Waals surface area contributed by atoms with Crippen molar-refractivity contribution < 1.29 is 14.3 Å². The van der Waals surface area contributed by atoms with Crippen molar-refractivity contribution in [2.45, 2.75) is 45.6 Å². The first kappa shape index (κ1) is 18.4. The van der Waals surface area contributed by atoms with Gasteiger partial charge in [0.05, 0.1) is 14.2 Å². The normalized spacial score (nSPS) is 16.6. The molecule has 0 bridgehead atoms. The number of hydrogen-bond donors (Lipinski definition) is 1. The van der Waals surface area contributed by atoms with E-state index in [1.54, 1.807) is 14.2 Å². The fourth-order valence-corrected chi connectivity index (χ4v) is 3.09. The summed E-state index contributed by atoms with van der Waals surface area (Å²) in [5, 5.41) is 3.05. The standard InChI is InChI=1S/C19H30N2O3/c1-5-14(2)20-19(22)21-10-8-15(9-11-21)12-16-6-7-17(23-3)18(13-16)24-4/h6-7,13-15H,5,8-12H2,1-4H3,(H,20,22). The Morgan fingerprint density at radius 1 is 1.25 bits per heavy atom. The lowest BCUT2D eigenvalue weighted by Crippen LogP contribution is -2.47. The zero-order valence-electron chi connectivity index (χ0n) is 15.3. The molecule has 1 aliphatic heterocycles. The SMILES string of the molecule is CCC(C)NC(=O)N1CCC(Cc2ccc(OC)c(OC)c2)CC1. The van der Waals surface area contributed by atoms with Crippen molar-refractivity contribution in [1.82, 2.24) is 10.2 Å². The molecule has 0 aliphatic carbocycles. The Bertz CT molecular complexity index is 539. The van der Waals surface area contributed by atoms with Gasteiger partial charge in [0.2, 0.25) is 0 Å². The number of carbonyl (C=O) groups is 1. The topological polar surface area (TPSA) is 50.8 Å². The summed E-state index contributed by atoms with van der Waals surface area (Å²) in [6.07, 6.45) is 4.06.